The number of benzene rings is 2. The lowest BCUT2D eigenvalue weighted by atomic mass is 9.86. The van der Waals surface area contributed by atoms with Gasteiger partial charge in [-0.25, -0.2) is 8.42 Å². The average molecular weight is 532 g/mol. The van der Waals surface area contributed by atoms with Crippen LogP contribution in [-0.4, -0.2) is 45.5 Å². The van der Waals surface area contributed by atoms with E-state index in [-0.39, 0.29) is 17.9 Å². The highest BCUT2D eigenvalue weighted by molar-refractivity contribution is 7.98. The van der Waals surface area contributed by atoms with Crippen LogP contribution in [0.15, 0.2) is 36.4 Å². The molecule has 2 aromatic rings. The quantitative estimate of drug-likeness (QED) is 0.517. The molecule has 3 rings (SSSR count). The van der Waals surface area contributed by atoms with Gasteiger partial charge in [0, 0.05) is 18.1 Å². The lowest BCUT2D eigenvalue weighted by molar-refractivity contribution is -0.127. The minimum atomic E-state index is -3.59. The van der Waals surface area contributed by atoms with Crippen molar-refractivity contribution in [3.63, 3.8) is 0 Å². The normalized spacial score (nSPS) is 16.2. The van der Waals surface area contributed by atoms with Gasteiger partial charge in [-0.3, -0.25) is 9.10 Å². The van der Waals surface area contributed by atoms with Gasteiger partial charge >= 0.3 is 0 Å². The first-order chi connectivity index (χ1) is 15.4. The summed E-state index contributed by atoms with van der Waals surface area (Å²) in [5.41, 5.74) is 2.35. The highest BCUT2D eigenvalue weighted by Crippen LogP contribution is 2.38. The van der Waals surface area contributed by atoms with Crippen LogP contribution in [-0.2, 0) is 26.0 Å². The number of fused-ring (bicyclic) bond motifs is 1. The van der Waals surface area contributed by atoms with Crippen LogP contribution in [0.2, 0.25) is 10.0 Å². The summed E-state index contributed by atoms with van der Waals surface area (Å²) in [7, 11) is -3.59. The van der Waals surface area contributed by atoms with Crippen LogP contribution in [0, 0.1) is 0 Å². The summed E-state index contributed by atoms with van der Waals surface area (Å²) in [4.78, 5) is 12.7. The fourth-order valence-electron chi connectivity index (χ4n) is 3.35. The molecule has 0 radical (unpaired) electrons. The topological polar surface area (TPSA) is 75.7 Å². The van der Waals surface area contributed by atoms with E-state index >= 15 is 0 Å². The Kier molecular flexibility index (Phi) is 8.15. The van der Waals surface area contributed by atoms with E-state index in [2.05, 4.69) is 26.1 Å². The number of thioether (sulfide) groups is 1. The molecule has 0 aromatic heterocycles. The molecule has 0 aliphatic carbocycles. The molecule has 1 atom stereocenters. The third-order valence-electron chi connectivity index (χ3n) is 5.19. The molecule has 0 saturated carbocycles. The highest BCUT2D eigenvalue weighted by atomic mass is 35.5. The van der Waals surface area contributed by atoms with Gasteiger partial charge in [-0.1, -0.05) is 56.1 Å². The molecule has 0 fully saturated rings. The monoisotopic (exact) mass is 530 g/mol. The maximum atomic E-state index is 12.7. The Labute approximate surface area is 210 Å². The molecular weight excluding hydrogens is 503 g/mol. The molecule has 0 saturated heterocycles. The van der Waals surface area contributed by atoms with Crippen LogP contribution in [0.25, 0.3) is 0 Å². The summed E-state index contributed by atoms with van der Waals surface area (Å²) < 4.78 is 32.1. The number of anilines is 1. The molecule has 0 bridgehead atoms. The van der Waals surface area contributed by atoms with Gasteiger partial charge < -0.3 is 10.1 Å². The first-order valence-electron chi connectivity index (χ1n) is 10.4. The Morgan fingerprint density at radius 3 is 2.55 bits per heavy atom. The van der Waals surface area contributed by atoms with Gasteiger partial charge in [-0.15, -0.1) is 0 Å². The number of ether oxygens (including phenoxy) is 1. The van der Waals surface area contributed by atoms with Gasteiger partial charge in [0.25, 0.3) is 5.91 Å². The largest absolute Gasteiger partial charge is 0.476 e. The predicted octanol–water partition coefficient (Wildman–Crippen LogP) is 4.87. The number of carbonyl (C=O) groups excluding carboxylic acids is 1. The Morgan fingerprint density at radius 1 is 1.18 bits per heavy atom. The molecule has 1 heterocycles. The van der Waals surface area contributed by atoms with Crippen molar-refractivity contribution in [1.82, 2.24) is 5.32 Å². The Hall–Kier alpha value is -1.61. The van der Waals surface area contributed by atoms with Crippen molar-refractivity contribution in [2.45, 2.75) is 38.0 Å². The average Bonchev–Trinajstić information content (AvgIpc) is 2.73. The molecule has 0 spiro atoms. The zero-order chi connectivity index (χ0) is 24.4. The van der Waals surface area contributed by atoms with E-state index < -0.39 is 16.1 Å². The van der Waals surface area contributed by atoms with E-state index in [9.17, 15) is 13.2 Å². The molecule has 1 unspecified atom stereocenters. The molecule has 180 valence electrons. The molecule has 1 aliphatic heterocycles. The maximum Gasteiger partial charge on any atom is 0.263 e. The standard InChI is InChI=1S/C23H28Cl2N2O4S2/c1-23(2,3)16-6-8-20-19(12-16)27(33(4,29)30)13-21(31-20)22(28)26-9-10-32-14-15-5-7-17(24)18(25)11-15/h5-8,11-12,21H,9-10,13-14H2,1-4H3,(H,26,28). The number of nitrogens with one attached hydrogen (secondary N) is 1. The Balaban J connectivity index is 1.60. The van der Waals surface area contributed by atoms with Gasteiger partial charge in [0.15, 0.2) is 6.10 Å². The third-order valence-corrected chi connectivity index (χ3v) is 8.10. The number of rotatable bonds is 7. The number of hydrogen-bond acceptors (Lipinski definition) is 5. The maximum absolute atomic E-state index is 12.7. The van der Waals surface area contributed by atoms with E-state index in [0.717, 1.165) is 23.1 Å². The van der Waals surface area contributed by atoms with E-state index in [1.165, 1.54) is 4.31 Å². The van der Waals surface area contributed by atoms with Crippen molar-refractivity contribution in [2.24, 2.45) is 0 Å². The number of hydrogen-bond donors (Lipinski definition) is 1. The SMILES string of the molecule is CC(C)(C)c1ccc2c(c1)N(S(C)(=O)=O)CC(C(=O)NCCSCc1ccc(Cl)c(Cl)c1)O2. The number of carbonyl (C=O) groups is 1. The summed E-state index contributed by atoms with van der Waals surface area (Å²) in [6, 6.07) is 11.0. The molecular formula is C23H28Cl2N2O4S2. The first kappa shape index (κ1) is 26.0. The van der Waals surface area contributed by atoms with Crippen molar-refractivity contribution < 1.29 is 17.9 Å². The van der Waals surface area contributed by atoms with Crippen molar-refractivity contribution in [3.8, 4) is 5.75 Å². The second kappa shape index (κ2) is 10.3. The third kappa shape index (κ3) is 6.72. The van der Waals surface area contributed by atoms with Crippen molar-refractivity contribution in [1.29, 1.82) is 0 Å². The minimum absolute atomic E-state index is 0.0678. The summed E-state index contributed by atoms with van der Waals surface area (Å²) in [5, 5.41) is 3.88. The molecule has 1 aliphatic rings. The zero-order valence-electron chi connectivity index (χ0n) is 19.0. The lowest BCUT2D eigenvalue weighted by Gasteiger charge is -2.35. The van der Waals surface area contributed by atoms with E-state index in [4.69, 9.17) is 27.9 Å². The van der Waals surface area contributed by atoms with Crippen LogP contribution < -0.4 is 14.4 Å². The molecule has 1 N–H and O–H groups in total. The fraction of sp³-hybridized carbons (Fsp3) is 0.435. The summed E-state index contributed by atoms with van der Waals surface area (Å²) in [5.74, 6) is 1.45. The van der Waals surface area contributed by atoms with Crippen LogP contribution in [0.1, 0.15) is 31.9 Å². The highest BCUT2D eigenvalue weighted by Gasteiger charge is 2.35. The second-order valence-electron chi connectivity index (χ2n) is 8.93. The van der Waals surface area contributed by atoms with E-state index in [1.54, 1.807) is 23.9 Å². The molecule has 10 heteroatoms. The molecule has 6 nitrogen and oxygen atoms in total. The minimum Gasteiger partial charge on any atom is -0.476 e. The molecule has 2 aromatic carbocycles. The van der Waals surface area contributed by atoms with E-state index in [1.807, 2.05) is 24.3 Å². The first-order valence-corrected chi connectivity index (χ1v) is 14.2. The van der Waals surface area contributed by atoms with Crippen LogP contribution in [0.5, 0.6) is 5.75 Å². The second-order valence-corrected chi connectivity index (χ2v) is 12.8. The number of amides is 1. The fourth-order valence-corrected chi connectivity index (χ4v) is 5.38. The van der Waals surface area contributed by atoms with Crippen LogP contribution in [0.4, 0.5) is 5.69 Å². The van der Waals surface area contributed by atoms with Gasteiger partial charge in [0.05, 0.1) is 28.5 Å². The van der Waals surface area contributed by atoms with Gasteiger partial charge in [-0.2, -0.15) is 11.8 Å². The van der Waals surface area contributed by atoms with Crippen LogP contribution in [0.3, 0.4) is 0 Å². The van der Waals surface area contributed by atoms with E-state index in [0.29, 0.717) is 33.8 Å². The van der Waals surface area contributed by atoms with Gasteiger partial charge in [0.2, 0.25) is 10.0 Å². The van der Waals surface area contributed by atoms with Crippen molar-refractivity contribution in [2.75, 3.05) is 29.4 Å². The van der Waals surface area contributed by atoms with Crippen molar-refractivity contribution >= 4 is 56.6 Å². The predicted molar refractivity (Wildman–Crippen MR) is 137 cm³/mol. The summed E-state index contributed by atoms with van der Waals surface area (Å²) in [6.45, 7) is 6.53. The number of halogens is 2. The molecule has 33 heavy (non-hydrogen) atoms. The Bertz CT molecular complexity index is 1130. The van der Waals surface area contributed by atoms with Crippen LogP contribution >= 0.6 is 35.0 Å². The number of nitrogens with zero attached hydrogens (tertiary/aromatic N) is 1. The number of sulfonamides is 1. The Morgan fingerprint density at radius 2 is 1.91 bits per heavy atom. The van der Waals surface area contributed by atoms with Crippen molar-refractivity contribution in [3.05, 3.63) is 57.6 Å². The lowest BCUT2D eigenvalue weighted by Crippen LogP contribution is -2.50. The smallest absolute Gasteiger partial charge is 0.263 e. The summed E-state index contributed by atoms with van der Waals surface area (Å²) >= 11 is 13.6. The zero-order valence-corrected chi connectivity index (χ0v) is 22.2. The summed E-state index contributed by atoms with van der Waals surface area (Å²) in [6.07, 6.45) is 0.216. The van der Waals surface area contributed by atoms with Gasteiger partial charge in [-0.05, 0) is 40.8 Å². The van der Waals surface area contributed by atoms with Gasteiger partial charge in [0.1, 0.15) is 5.75 Å². The molecule has 1 amide bonds.